The van der Waals surface area contributed by atoms with Gasteiger partial charge in [-0.2, -0.15) is 0 Å². The highest BCUT2D eigenvalue weighted by atomic mass is 16.4. The number of hydrogen-bond donors (Lipinski definition) is 2. The number of aliphatic carboxylic acids is 1. The van der Waals surface area contributed by atoms with E-state index in [9.17, 15) is 9.59 Å². The van der Waals surface area contributed by atoms with E-state index >= 15 is 0 Å². The molecule has 1 aliphatic heterocycles. The zero-order chi connectivity index (χ0) is 13.1. The second-order valence-corrected chi connectivity index (χ2v) is 4.08. The van der Waals surface area contributed by atoms with Crippen LogP contribution in [-0.4, -0.2) is 46.8 Å². The Bertz CT molecular complexity index is 454. The highest BCUT2D eigenvalue weighted by molar-refractivity contribution is 5.92. The van der Waals surface area contributed by atoms with Gasteiger partial charge in [0.05, 0.1) is 5.92 Å². The SMILES string of the molecule is CCNC(=O)c1ccc(N2CC(C(=O)O)C2)nn1. The average molecular weight is 250 g/mol. The van der Waals surface area contributed by atoms with Crippen LogP contribution in [0.1, 0.15) is 17.4 Å². The van der Waals surface area contributed by atoms with Crippen molar-refractivity contribution in [3.05, 3.63) is 17.8 Å². The summed E-state index contributed by atoms with van der Waals surface area (Å²) in [5.41, 5.74) is 0.260. The van der Waals surface area contributed by atoms with Crippen molar-refractivity contribution in [3.63, 3.8) is 0 Å². The Kier molecular flexibility index (Phi) is 3.40. The first-order chi connectivity index (χ1) is 8.61. The number of carboxylic acids is 1. The Balaban J connectivity index is 1.97. The molecule has 0 spiro atoms. The van der Waals surface area contributed by atoms with E-state index in [-0.39, 0.29) is 17.5 Å². The second-order valence-electron chi connectivity index (χ2n) is 4.08. The molecule has 2 N–H and O–H groups in total. The Labute approximate surface area is 104 Å². The molecule has 0 saturated carbocycles. The summed E-state index contributed by atoms with van der Waals surface area (Å²) < 4.78 is 0. The lowest BCUT2D eigenvalue weighted by molar-refractivity contribution is -0.142. The van der Waals surface area contributed by atoms with Gasteiger partial charge in [0.2, 0.25) is 0 Å². The number of aromatic nitrogens is 2. The molecule has 7 nitrogen and oxygen atoms in total. The Morgan fingerprint density at radius 3 is 2.67 bits per heavy atom. The first-order valence-electron chi connectivity index (χ1n) is 5.71. The molecule has 1 amide bonds. The van der Waals surface area contributed by atoms with Gasteiger partial charge >= 0.3 is 5.97 Å². The molecule has 1 aromatic heterocycles. The van der Waals surface area contributed by atoms with Crippen molar-refractivity contribution in [1.82, 2.24) is 15.5 Å². The second kappa shape index (κ2) is 4.99. The van der Waals surface area contributed by atoms with Crippen LogP contribution >= 0.6 is 0 Å². The summed E-state index contributed by atoms with van der Waals surface area (Å²) in [6.45, 7) is 3.23. The molecule has 0 radical (unpaired) electrons. The maximum absolute atomic E-state index is 11.4. The molecule has 0 aliphatic carbocycles. The van der Waals surface area contributed by atoms with Gasteiger partial charge in [-0.15, -0.1) is 10.2 Å². The zero-order valence-electron chi connectivity index (χ0n) is 9.96. The number of nitrogens with one attached hydrogen (secondary N) is 1. The molecule has 96 valence electrons. The van der Waals surface area contributed by atoms with Crippen LogP contribution in [0, 0.1) is 5.92 Å². The lowest BCUT2D eigenvalue weighted by atomic mass is 10.0. The van der Waals surface area contributed by atoms with Gasteiger partial charge in [0.1, 0.15) is 0 Å². The van der Waals surface area contributed by atoms with Gasteiger partial charge in [0, 0.05) is 19.6 Å². The maximum atomic E-state index is 11.4. The Hall–Kier alpha value is -2.18. The number of nitrogens with zero attached hydrogens (tertiary/aromatic N) is 3. The van der Waals surface area contributed by atoms with Crippen LogP contribution < -0.4 is 10.2 Å². The first-order valence-corrected chi connectivity index (χ1v) is 5.71. The molecular weight excluding hydrogens is 236 g/mol. The van der Waals surface area contributed by atoms with Crippen molar-refractivity contribution in [2.24, 2.45) is 5.92 Å². The number of carbonyl (C=O) groups is 2. The zero-order valence-corrected chi connectivity index (χ0v) is 9.96. The van der Waals surface area contributed by atoms with Gasteiger partial charge in [-0.25, -0.2) is 0 Å². The lowest BCUT2D eigenvalue weighted by Gasteiger charge is -2.37. The van der Waals surface area contributed by atoms with E-state index in [2.05, 4.69) is 15.5 Å². The fraction of sp³-hybridized carbons (Fsp3) is 0.455. The van der Waals surface area contributed by atoms with E-state index in [4.69, 9.17) is 5.11 Å². The summed E-state index contributed by atoms with van der Waals surface area (Å²) in [4.78, 5) is 23.9. The van der Waals surface area contributed by atoms with Crippen LogP contribution in [0.3, 0.4) is 0 Å². The molecule has 7 heteroatoms. The smallest absolute Gasteiger partial charge is 0.310 e. The third kappa shape index (κ3) is 2.39. The van der Waals surface area contributed by atoms with Crippen molar-refractivity contribution in [3.8, 4) is 0 Å². The number of amides is 1. The maximum Gasteiger partial charge on any atom is 0.310 e. The van der Waals surface area contributed by atoms with Crippen LogP contribution in [0.25, 0.3) is 0 Å². The molecule has 0 atom stereocenters. The monoisotopic (exact) mass is 250 g/mol. The quantitative estimate of drug-likeness (QED) is 0.765. The molecule has 1 aliphatic rings. The minimum Gasteiger partial charge on any atom is -0.481 e. The fourth-order valence-corrected chi connectivity index (χ4v) is 1.69. The highest BCUT2D eigenvalue weighted by Crippen LogP contribution is 2.22. The van der Waals surface area contributed by atoms with Gasteiger partial charge in [0.15, 0.2) is 11.5 Å². The molecule has 2 rings (SSSR count). The average Bonchev–Trinajstić information content (AvgIpc) is 2.27. The molecule has 2 heterocycles. The summed E-state index contributed by atoms with van der Waals surface area (Å²) in [6.07, 6.45) is 0. The van der Waals surface area contributed by atoms with E-state index in [0.717, 1.165) is 0 Å². The molecule has 0 unspecified atom stereocenters. The summed E-state index contributed by atoms with van der Waals surface area (Å²) in [5.74, 6) is -0.794. The van der Waals surface area contributed by atoms with Crippen LogP contribution in [0.4, 0.5) is 5.82 Å². The fourth-order valence-electron chi connectivity index (χ4n) is 1.69. The van der Waals surface area contributed by atoms with Crippen LogP contribution in [0.2, 0.25) is 0 Å². The van der Waals surface area contributed by atoms with Gasteiger partial charge in [0.25, 0.3) is 5.91 Å². The molecule has 1 fully saturated rings. The van der Waals surface area contributed by atoms with E-state index < -0.39 is 5.97 Å². The number of hydrogen-bond acceptors (Lipinski definition) is 5. The van der Waals surface area contributed by atoms with Gasteiger partial charge in [-0.3, -0.25) is 9.59 Å². The van der Waals surface area contributed by atoms with Gasteiger partial charge < -0.3 is 15.3 Å². The normalized spacial score (nSPS) is 15.1. The standard InChI is InChI=1S/C11H14N4O3/c1-2-12-10(16)8-3-4-9(14-13-8)15-5-7(6-15)11(17)18/h3-4,7H,2,5-6H2,1H3,(H,12,16)(H,17,18). The molecule has 18 heavy (non-hydrogen) atoms. The third-order valence-electron chi connectivity index (χ3n) is 2.78. The molecule has 1 saturated heterocycles. The van der Waals surface area contributed by atoms with Crippen LogP contribution in [0.5, 0.6) is 0 Å². The number of carbonyl (C=O) groups excluding carboxylic acids is 1. The molecule has 0 bridgehead atoms. The van der Waals surface area contributed by atoms with Crippen LogP contribution in [0.15, 0.2) is 12.1 Å². The Morgan fingerprint density at radius 2 is 2.17 bits per heavy atom. The largest absolute Gasteiger partial charge is 0.481 e. The van der Waals surface area contributed by atoms with Crippen LogP contribution in [-0.2, 0) is 4.79 Å². The van der Waals surface area contributed by atoms with E-state index in [0.29, 0.717) is 25.5 Å². The minimum absolute atomic E-state index is 0.260. The van der Waals surface area contributed by atoms with Gasteiger partial charge in [-0.05, 0) is 19.1 Å². The predicted molar refractivity (Wildman–Crippen MR) is 63.4 cm³/mol. The summed E-state index contributed by atoms with van der Waals surface area (Å²) in [6, 6.07) is 3.26. The van der Waals surface area contributed by atoms with Crippen molar-refractivity contribution < 1.29 is 14.7 Å². The van der Waals surface area contributed by atoms with Crippen molar-refractivity contribution in [2.75, 3.05) is 24.5 Å². The van der Waals surface area contributed by atoms with E-state index in [1.54, 1.807) is 12.1 Å². The molecule has 0 aromatic carbocycles. The summed E-state index contributed by atoms with van der Waals surface area (Å²) >= 11 is 0. The van der Waals surface area contributed by atoms with Gasteiger partial charge in [-0.1, -0.05) is 0 Å². The first kappa shape index (κ1) is 12.3. The van der Waals surface area contributed by atoms with Crippen molar-refractivity contribution in [2.45, 2.75) is 6.92 Å². The molecular formula is C11H14N4O3. The summed E-state index contributed by atoms with van der Waals surface area (Å²) in [5, 5.41) is 19.1. The Morgan fingerprint density at radius 1 is 1.44 bits per heavy atom. The number of anilines is 1. The topological polar surface area (TPSA) is 95.4 Å². The lowest BCUT2D eigenvalue weighted by Crippen LogP contribution is -2.50. The van der Waals surface area contributed by atoms with E-state index in [1.807, 2.05) is 11.8 Å². The van der Waals surface area contributed by atoms with E-state index in [1.165, 1.54) is 0 Å². The van der Waals surface area contributed by atoms with Crippen molar-refractivity contribution in [1.29, 1.82) is 0 Å². The predicted octanol–water partition coefficient (Wildman–Crippen LogP) is -0.253. The molecule has 1 aromatic rings. The van der Waals surface area contributed by atoms with Crippen molar-refractivity contribution >= 4 is 17.7 Å². The third-order valence-corrected chi connectivity index (χ3v) is 2.78. The number of carboxylic acid groups (broad SMARTS) is 1. The highest BCUT2D eigenvalue weighted by Gasteiger charge is 2.33. The summed E-state index contributed by atoms with van der Waals surface area (Å²) in [7, 11) is 0. The number of rotatable bonds is 4. The minimum atomic E-state index is -0.793.